The highest BCUT2D eigenvalue weighted by atomic mass is 16.3. The zero-order chi connectivity index (χ0) is 10.9. The van der Waals surface area contributed by atoms with E-state index >= 15 is 0 Å². The summed E-state index contributed by atoms with van der Waals surface area (Å²) in [6, 6.07) is 6.06. The molecule has 1 aromatic rings. The lowest BCUT2D eigenvalue weighted by atomic mass is 9.96. The summed E-state index contributed by atoms with van der Waals surface area (Å²) in [7, 11) is 4.04. The van der Waals surface area contributed by atoms with Crippen LogP contribution in [0.4, 0.5) is 5.69 Å². The Morgan fingerprint density at radius 3 is 2.14 bits per heavy atom. The van der Waals surface area contributed by atoms with Crippen LogP contribution in [-0.4, -0.2) is 19.2 Å². The van der Waals surface area contributed by atoms with E-state index in [9.17, 15) is 5.11 Å². The maximum atomic E-state index is 9.83. The second kappa shape index (κ2) is 3.62. The molecule has 0 unspecified atom stereocenters. The van der Waals surface area contributed by atoms with Gasteiger partial charge in [0.25, 0.3) is 0 Å². The number of nitrogens with zero attached hydrogens (tertiary/aromatic N) is 1. The molecule has 2 heteroatoms. The lowest BCUT2D eigenvalue weighted by molar-refractivity contribution is 0.0785. The standard InChI is InChI=1S/C12H19NO/c1-9-8-10(12(2,3)14)6-7-11(9)13(4)5/h6-8,14H,1-5H3. The van der Waals surface area contributed by atoms with Crippen molar-refractivity contribution < 1.29 is 5.11 Å². The Balaban J connectivity index is 3.13. The molecule has 14 heavy (non-hydrogen) atoms. The third-order valence-corrected chi connectivity index (χ3v) is 2.39. The first-order chi connectivity index (χ1) is 6.32. The molecule has 0 aliphatic heterocycles. The summed E-state index contributed by atoms with van der Waals surface area (Å²) in [6.45, 7) is 5.67. The zero-order valence-electron chi connectivity index (χ0n) is 9.63. The fourth-order valence-electron chi connectivity index (χ4n) is 1.54. The van der Waals surface area contributed by atoms with Crippen LogP contribution < -0.4 is 4.90 Å². The Hall–Kier alpha value is -1.02. The van der Waals surface area contributed by atoms with Crippen LogP contribution >= 0.6 is 0 Å². The summed E-state index contributed by atoms with van der Waals surface area (Å²) in [6.07, 6.45) is 0. The topological polar surface area (TPSA) is 23.5 Å². The first-order valence-electron chi connectivity index (χ1n) is 4.83. The third kappa shape index (κ3) is 2.26. The Morgan fingerprint density at radius 2 is 1.79 bits per heavy atom. The van der Waals surface area contributed by atoms with Crippen LogP contribution in [0, 0.1) is 6.92 Å². The van der Waals surface area contributed by atoms with Crippen LogP contribution in [0.25, 0.3) is 0 Å². The number of benzene rings is 1. The minimum absolute atomic E-state index is 0.754. The maximum Gasteiger partial charge on any atom is 0.0840 e. The number of hydrogen-bond donors (Lipinski definition) is 1. The molecule has 0 saturated carbocycles. The second-order valence-electron chi connectivity index (χ2n) is 4.45. The molecule has 1 aromatic carbocycles. The van der Waals surface area contributed by atoms with Crippen LogP contribution in [0.1, 0.15) is 25.0 Å². The molecule has 1 rings (SSSR count). The molecule has 1 N–H and O–H groups in total. The van der Waals surface area contributed by atoms with Gasteiger partial charge >= 0.3 is 0 Å². The van der Waals surface area contributed by atoms with Crippen LogP contribution in [0.15, 0.2) is 18.2 Å². The fraction of sp³-hybridized carbons (Fsp3) is 0.500. The van der Waals surface area contributed by atoms with Crippen LogP contribution in [0.2, 0.25) is 0 Å². The SMILES string of the molecule is Cc1cc(C(C)(C)O)ccc1N(C)C. The van der Waals surface area contributed by atoms with Crippen molar-refractivity contribution in [3.63, 3.8) is 0 Å². The van der Waals surface area contributed by atoms with E-state index in [2.05, 4.69) is 11.8 Å². The lowest BCUT2D eigenvalue weighted by Gasteiger charge is -2.21. The molecular formula is C12H19NO. The van der Waals surface area contributed by atoms with Crippen molar-refractivity contribution in [3.05, 3.63) is 29.3 Å². The van der Waals surface area contributed by atoms with Gasteiger partial charge < -0.3 is 10.0 Å². The predicted molar refractivity (Wildman–Crippen MR) is 60.8 cm³/mol. The monoisotopic (exact) mass is 193 g/mol. The van der Waals surface area contributed by atoms with E-state index in [1.807, 2.05) is 32.3 Å². The van der Waals surface area contributed by atoms with Crippen molar-refractivity contribution in [1.29, 1.82) is 0 Å². The number of rotatable bonds is 2. The molecule has 0 aliphatic carbocycles. The summed E-state index contributed by atoms with van der Waals surface area (Å²) in [5, 5.41) is 9.83. The van der Waals surface area contributed by atoms with Gasteiger partial charge in [-0.3, -0.25) is 0 Å². The smallest absolute Gasteiger partial charge is 0.0840 e. The highest BCUT2D eigenvalue weighted by Crippen LogP contribution is 2.25. The van der Waals surface area contributed by atoms with Crippen molar-refractivity contribution in [3.8, 4) is 0 Å². The molecule has 0 saturated heterocycles. The number of aliphatic hydroxyl groups is 1. The Labute approximate surface area is 86.2 Å². The van der Waals surface area contributed by atoms with Gasteiger partial charge in [0.05, 0.1) is 5.60 Å². The first-order valence-corrected chi connectivity index (χ1v) is 4.83. The molecule has 0 aromatic heterocycles. The molecule has 0 heterocycles. The molecule has 0 spiro atoms. The van der Waals surface area contributed by atoms with E-state index in [4.69, 9.17) is 0 Å². The van der Waals surface area contributed by atoms with Gasteiger partial charge in [-0.15, -0.1) is 0 Å². The quantitative estimate of drug-likeness (QED) is 0.779. The highest BCUT2D eigenvalue weighted by Gasteiger charge is 2.16. The summed E-state index contributed by atoms with van der Waals surface area (Å²) in [5.74, 6) is 0. The minimum atomic E-state index is -0.754. The lowest BCUT2D eigenvalue weighted by Crippen LogP contribution is -2.17. The minimum Gasteiger partial charge on any atom is -0.386 e. The van der Waals surface area contributed by atoms with Crippen LogP contribution in [0.3, 0.4) is 0 Å². The van der Waals surface area contributed by atoms with Crippen molar-refractivity contribution >= 4 is 5.69 Å². The summed E-state index contributed by atoms with van der Waals surface area (Å²) in [5.41, 5.74) is 2.59. The number of hydrogen-bond acceptors (Lipinski definition) is 2. The molecular weight excluding hydrogens is 174 g/mol. The van der Waals surface area contributed by atoms with Gasteiger partial charge in [-0.05, 0) is 38.0 Å². The summed E-state index contributed by atoms with van der Waals surface area (Å²) < 4.78 is 0. The molecule has 78 valence electrons. The molecule has 2 nitrogen and oxygen atoms in total. The largest absolute Gasteiger partial charge is 0.386 e. The van der Waals surface area contributed by atoms with E-state index in [1.54, 1.807) is 13.8 Å². The second-order valence-corrected chi connectivity index (χ2v) is 4.45. The Bertz CT molecular complexity index is 324. The van der Waals surface area contributed by atoms with E-state index in [0.29, 0.717) is 0 Å². The average molecular weight is 193 g/mol. The van der Waals surface area contributed by atoms with E-state index in [1.165, 1.54) is 11.3 Å². The molecule has 0 fully saturated rings. The Morgan fingerprint density at radius 1 is 1.21 bits per heavy atom. The number of aryl methyl sites for hydroxylation is 1. The molecule has 0 aliphatic rings. The fourth-order valence-corrected chi connectivity index (χ4v) is 1.54. The summed E-state index contributed by atoms with van der Waals surface area (Å²) >= 11 is 0. The first kappa shape index (κ1) is 11.1. The highest BCUT2D eigenvalue weighted by molar-refractivity contribution is 5.53. The Kier molecular flexibility index (Phi) is 2.86. The molecule has 0 bridgehead atoms. The van der Waals surface area contributed by atoms with Gasteiger partial charge in [0.1, 0.15) is 0 Å². The van der Waals surface area contributed by atoms with Crippen molar-refractivity contribution in [2.24, 2.45) is 0 Å². The molecule has 0 radical (unpaired) electrons. The van der Waals surface area contributed by atoms with Gasteiger partial charge in [0.15, 0.2) is 0 Å². The zero-order valence-corrected chi connectivity index (χ0v) is 9.63. The van der Waals surface area contributed by atoms with Gasteiger partial charge in [0.2, 0.25) is 0 Å². The van der Waals surface area contributed by atoms with Crippen molar-refractivity contribution in [2.45, 2.75) is 26.4 Å². The van der Waals surface area contributed by atoms with E-state index in [0.717, 1.165) is 5.56 Å². The van der Waals surface area contributed by atoms with Crippen molar-refractivity contribution in [1.82, 2.24) is 0 Å². The third-order valence-electron chi connectivity index (χ3n) is 2.39. The average Bonchev–Trinajstić information content (AvgIpc) is 2.01. The van der Waals surface area contributed by atoms with Crippen molar-refractivity contribution in [2.75, 3.05) is 19.0 Å². The predicted octanol–water partition coefficient (Wildman–Crippen LogP) is 2.29. The van der Waals surface area contributed by atoms with Gasteiger partial charge in [0, 0.05) is 19.8 Å². The van der Waals surface area contributed by atoms with Gasteiger partial charge in [-0.1, -0.05) is 12.1 Å². The summed E-state index contributed by atoms with van der Waals surface area (Å²) in [4.78, 5) is 2.07. The van der Waals surface area contributed by atoms with Crippen LogP contribution in [0.5, 0.6) is 0 Å². The molecule has 0 amide bonds. The molecule has 0 atom stereocenters. The van der Waals surface area contributed by atoms with Crippen LogP contribution in [-0.2, 0) is 5.60 Å². The van der Waals surface area contributed by atoms with Gasteiger partial charge in [-0.2, -0.15) is 0 Å². The van der Waals surface area contributed by atoms with E-state index in [-0.39, 0.29) is 0 Å². The van der Waals surface area contributed by atoms with Gasteiger partial charge in [-0.25, -0.2) is 0 Å². The number of anilines is 1. The van der Waals surface area contributed by atoms with E-state index < -0.39 is 5.60 Å². The maximum absolute atomic E-state index is 9.83. The normalized spacial score (nSPS) is 11.6.